The summed E-state index contributed by atoms with van der Waals surface area (Å²) in [5.41, 5.74) is 1.75. The topological polar surface area (TPSA) is 38.1 Å². The van der Waals surface area contributed by atoms with Gasteiger partial charge in [-0.05, 0) is 44.6 Å². The molecule has 0 aromatic carbocycles. The quantitative estimate of drug-likeness (QED) is 0.844. The molecule has 2 aliphatic rings. The summed E-state index contributed by atoms with van der Waals surface area (Å²) >= 11 is 0. The number of fused-ring (bicyclic) bond motifs is 1. The summed E-state index contributed by atoms with van der Waals surface area (Å²) in [7, 11) is 0. The molecule has 0 N–H and O–H groups in total. The molecule has 1 amide bonds. The molecule has 1 saturated carbocycles. The lowest BCUT2D eigenvalue weighted by Crippen LogP contribution is -2.58. The summed E-state index contributed by atoms with van der Waals surface area (Å²) in [5, 5.41) is 4.61. The van der Waals surface area contributed by atoms with E-state index in [1.165, 1.54) is 32.1 Å². The van der Waals surface area contributed by atoms with E-state index in [0.717, 1.165) is 36.7 Å². The smallest absolute Gasteiger partial charge is 0.272 e. The zero-order valence-corrected chi connectivity index (χ0v) is 14.2. The maximum atomic E-state index is 13.0. The van der Waals surface area contributed by atoms with Gasteiger partial charge in [0, 0.05) is 12.6 Å². The van der Waals surface area contributed by atoms with E-state index in [1.807, 2.05) is 17.7 Å². The first-order valence-electron chi connectivity index (χ1n) is 9.02. The Kier molecular flexibility index (Phi) is 4.55. The molecule has 22 heavy (non-hydrogen) atoms. The third-order valence-electron chi connectivity index (χ3n) is 5.58. The van der Waals surface area contributed by atoms with Gasteiger partial charge in [0.1, 0.15) is 5.69 Å². The van der Waals surface area contributed by atoms with E-state index in [4.69, 9.17) is 0 Å². The van der Waals surface area contributed by atoms with E-state index >= 15 is 0 Å². The highest BCUT2D eigenvalue weighted by molar-refractivity contribution is 5.93. The Balaban J connectivity index is 1.81. The molecule has 1 saturated heterocycles. The maximum absolute atomic E-state index is 13.0. The molecular weight excluding hydrogens is 274 g/mol. The highest BCUT2D eigenvalue weighted by Gasteiger charge is 2.42. The SMILES string of the molecule is CCC(CC)n1nc(C)cc1C(=O)N1C[C@@H]2CCCCC[C@@H]21. The largest absolute Gasteiger partial charge is 0.334 e. The number of amides is 1. The van der Waals surface area contributed by atoms with Gasteiger partial charge in [-0.25, -0.2) is 0 Å². The van der Waals surface area contributed by atoms with E-state index in [1.54, 1.807) is 0 Å². The van der Waals surface area contributed by atoms with Gasteiger partial charge in [-0.3, -0.25) is 9.48 Å². The third kappa shape index (κ3) is 2.68. The van der Waals surface area contributed by atoms with Crippen LogP contribution in [-0.2, 0) is 0 Å². The lowest BCUT2D eigenvalue weighted by Gasteiger charge is -2.47. The standard InChI is InChI=1S/C18H29N3O/c1-4-15(5-2)21-17(11-13(3)19-21)18(22)20-12-14-9-7-6-8-10-16(14)20/h11,14-16H,4-10,12H2,1-3H3/t14-,16-/m0/s1. The lowest BCUT2D eigenvalue weighted by atomic mass is 9.84. The van der Waals surface area contributed by atoms with Crippen LogP contribution in [0.1, 0.15) is 81.0 Å². The third-order valence-corrected chi connectivity index (χ3v) is 5.58. The zero-order chi connectivity index (χ0) is 15.7. The van der Waals surface area contributed by atoms with Gasteiger partial charge in [-0.1, -0.05) is 33.1 Å². The normalized spacial score (nSPS) is 24.8. The summed E-state index contributed by atoms with van der Waals surface area (Å²) in [5.74, 6) is 0.952. The van der Waals surface area contributed by atoms with E-state index in [9.17, 15) is 4.79 Å². The Hall–Kier alpha value is -1.32. The van der Waals surface area contributed by atoms with E-state index in [0.29, 0.717) is 12.1 Å². The Bertz CT molecular complexity index is 532. The number of likely N-dealkylation sites (tertiary alicyclic amines) is 1. The van der Waals surface area contributed by atoms with Crippen molar-refractivity contribution in [3.8, 4) is 0 Å². The summed E-state index contributed by atoms with van der Waals surface area (Å²) < 4.78 is 1.99. The van der Waals surface area contributed by atoms with Crippen LogP contribution in [-0.4, -0.2) is 33.2 Å². The van der Waals surface area contributed by atoms with Gasteiger partial charge in [0.2, 0.25) is 0 Å². The molecule has 0 unspecified atom stereocenters. The van der Waals surface area contributed by atoms with Crippen molar-refractivity contribution in [2.45, 2.75) is 77.8 Å². The molecule has 1 aromatic rings. The van der Waals surface area contributed by atoms with Gasteiger partial charge in [-0.2, -0.15) is 5.10 Å². The molecule has 1 aliphatic carbocycles. The van der Waals surface area contributed by atoms with E-state index in [2.05, 4.69) is 23.8 Å². The number of aromatic nitrogens is 2. The number of hydrogen-bond donors (Lipinski definition) is 0. The maximum Gasteiger partial charge on any atom is 0.272 e. The first-order chi connectivity index (χ1) is 10.7. The van der Waals surface area contributed by atoms with Gasteiger partial charge in [-0.15, -0.1) is 0 Å². The molecule has 2 atom stereocenters. The fraction of sp³-hybridized carbons (Fsp3) is 0.778. The number of nitrogens with zero attached hydrogens (tertiary/aromatic N) is 3. The number of hydrogen-bond acceptors (Lipinski definition) is 2. The van der Waals surface area contributed by atoms with Crippen LogP contribution in [0, 0.1) is 12.8 Å². The summed E-state index contributed by atoms with van der Waals surface area (Å²) in [6.07, 6.45) is 8.48. The van der Waals surface area contributed by atoms with Crippen LogP contribution in [0.15, 0.2) is 6.07 Å². The van der Waals surface area contributed by atoms with Crippen molar-refractivity contribution in [2.75, 3.05) is 6.54 Å². The molecule has 3 rings (SSSR count). The van der Waals surface area contributed by atoms with Crippen LogP contribution in [0.4, 0.5) is 0 Å². The first kappa shape index (κ1) is 15.6. The highest BCUT2D eigenvalue weighted by Crippen LogP contribution is 2.37. The fourth-order valence-corrected chi connectivity index (χ4v) is 4.21. The van der Waals surface area contributed by atoms with Crippen molar-refractivity contribution in [1.82, 2.24) is 14.7 Å². The Morgan fingerprint density at radius 1 is 1.27 bits per heavy atom. The van der Waals surface area contributed by atoms with Crippen molar-refractivity contribution >= 4 is 5.91 Å². The van der Waals surface area contributed by atoms with Crippen molar-refractivity contribution in [3.63, 3.8) is 0 Å². The first-order valence-corrected chi connectivity index (χ1v) is 9.02. The molecule has 0 radical (unpaired) electrons. The van der Waals surface area contributed by atoms with Crippen LogP contribution < -0.4 is 0 Å². The molecule has 2 fully saturated rings. The van der Waals surface area contributed by atoms with Crippen LogP contribution in [0.3, 0.4) is 0 Å². The molecule has 4 heteroatoms. The molecule has 1 aliphatic heterocycles. The zero-order valence-electron chi connectivity index (χ0n) is 14.2. The Morgan fingerprint density at radius 2 is 2.00 bits per heavy atom. The minimum Gasteiger partial charge on any atom is -0.334 e. The molecule has 0 spiro atoms. The second kappa shape index (κ2) is 6.43. The van der Waals surface area contributed by atoms with Gasteiger partial charge < -0.3 is 4.90 Å². The minimum atomic E-state index is 0.204. The number of carbonyl (C=O) groups is 1. The van der Waals surface area contributed by atoms with Crippen LogP contribution in [0.25, 0.3) is 0 Å². The number of aryl methyl sites for hydroxylation is 1. The van der Waals surface area contributed by atoms with Crippen LogP contribution in [0.2, 0.25) is 0 Å². The number of rotatable bonds is 4. The molecular formula is C18H29N3O. The van der Waals surface area contributed by atoms with Crippen molar-refractivity contribution < 1.29 is 4.79 Å². The van der Waals surface area contributed by atoms with Crippen molar-refractivity contribution in [2.24, 2.45) is 5.92 Å². The van der Waals surface area contributed by atoms with Crippen LogP contribution in [0.5, 0.6) is 0 Å². The van der Waals surface area contributed by atoms with Gasteiger partial charge in [0.25, 0.3) is 5.91 Å². The molecule has 122 valence electrons. The van der Waals surface area contributed by atoms with Gasteiger partial charge >= 0.3 is 0 Å². The lowest BCUT2D eigenvalue weighted by molar-refractivity contribution is 0.0110. The number of carbonyl (C=O) groups excluding carboxylic acids is 1. The Labute approximate surface area is 133 Å². The average Bonchev–Trinajstić information content (AvgIpc) is 2.77. The molecule has 2 heterocycles. The summed E-state index contributed by atoms with van der Waals surface area (Å²) in [4.78, 5) is 15.1. The minimum absolute atomic E-state index is 0.204. The fourth-order valence-electron chi connectivity index (χ4n) is 4.21. The average molecular weight is 303 g/mol. The monoisotopic (exact) mass is 303 g/mol. The predicted octanol–water partition coefficient (Wildman–Crippen LogP) is 3.96. The van der Waals surface area contributed by atoms with Crippen LogP contribution >= 0.6 is 0 Å². The van der Waals surface area contributed by atoms with E-state index in [-0.39, 0.29) is 5.91 Å². The molecule has 4 nitrogen and oxygen atoms in total. The summed E-state index contributed by atoms with van der Waals surface area (Å²) in [6.45, 7) is 7.28. The van der Waals surface area contributed by atoms with E-state index < -0.39 is 0 Å². The molecule has 1 aromatic heterocycles. The second-order valence-electron chi connectivity index (χ2n) is 7.01. The Morgan fingerprint density at radius 3 is 2.73 bits per heavy atom. The van der Waals surface area contributed by atoms with Gasteiger partial charge in [0.05, 0.1) is 11.7 Å². The predicted molar refractivity (Wildman–Crippen MR) is 88.0 cm³/mol. The van der Waals surface area contributed by atoms with Crippen molar-refractivity contribution in [1.29, 1.82) is 0 Å². The van der Waals surface area contributed by atoms with Gasteiger partial charge in [0.15, 0.2) is 0 Å². The second-order valence-corrected chi connectivity index (χ2v) is 7.01. The van der Waals surface area contributed by atoms with Crippen molar-refractivity contribution in [3.05, 3.63) is 17.5 Å². The summed E-state index contributed by atoms with van der Waals surface area (Å²) in [6, 6.07) is 2.80. The molecule has 0 bridgehead atoms. The highest BCUT2D eigenvalue weighted by atomic mass is 16.2.